The van der Waals surface area contributed by atoms with Gasteiger partial charge in [-0.05, 0) is 59.2 Å². The molecule has 2 heterocycles. The van der Waals surface area contributed by atoms with Crippen LogP contribution in [0.25, 0.3) is 10.1 Å². The second kappa shape index (κ2) is 11.3. The molecule has 1 aliphatic rings. The summed E-state index contributed by atoms with van der Waals surface area (Å²) in [4.78, 5) is 31.8. The van der Waals surface area contributed by atoms with E-state index in [1.807, 2.05) is 36.1 Å². The van der Waals surface area contributed by atoms with Gasteiger partial charge < -0.3 is 10.2 Å². The van der Waals surface area contributed by atoms with Crippen LogP contribution in [-0.2, 0) is 11.3 Å². The van der Waals surface area contributed by atoms with Crippen LogP contribution in [-0.4, -0.2) is 34.7 Å². The molecule has 0 aliphatic carbocycles. The van der Waals surface area contributed by atoms with Crippen molar-refractivity contribution in [1.29, 1.82) is 0 Å². The first kappa shape index (κ1) is 24.0. The number of Topliss-reactive ketones (excluding diaryl/α,β-unsaturated/α-hetero) is 1. The first-order chi connectivity index (χ1) is 16.6. The summed E-state index contributed by atoms with van der Waals surface area (Å²) in [5, 5.41) is 6.17. The van der Waals surface area contributed by atoms with Gasteiger partial charge in [-0.2, -0.15) is 0 Å². The smallest absolute Gasteiger partial charge is 0.255 e. The number of amidine groups is 1. The molecule has 0 fully saturated rings. The average Bonchev–Trinajstić information content (AvgIpc) is 3.41. The number of fused-ring (bicyclic) bond motifs is 2. The van der Waals surface area contributed by atoms with Gasteiger partial charge in [-0.1, -0.05) is 36.9 Å². The van der Waals surface area contributed by atoms with Crippen LogP contribution in [0.1, 0.15) is 40.2 Å². The van der Waals surface area contributed by atoms with Gasteiger partial charge >= 0.3 is 0 Å². The molecule has 1 atom stereocenters. The van der Waals surface area contributed by atoms with E-state index >= 15 is 0 Å². The molecule has 0 radical (unpaired) electrons. The maximum absolute atomic E-state index is 13.2. The van der Waals surface area contributed by atoms with Crippen LogP contribution in [0.3, 0.4) is 0 Å². The number of hydrogen-bond donors (Lipinski definition) is 1. The Labute approximate surface area is 208 Å². The second-order valence-corrected chi connectivity index (χ2v) is 10.1. The standard InChI is InChI=1S/C27H27N3O2S2/c1-3-4-13-28-19(2)29-17-22(31)12-15-34-27-24-8-6-5-7-23(24)26(32)30(27)18-20-9-10-25-21(16-20)11-14-33-25/h3-11,13-14,16,27H,1,12,15,17-18H2,2H3,(H,28,29)/b13-4-. The molecule has 0 saturated heterocycles. The fourth-order valence-electron chi connectivity index (χ4n) is 3.83. The molecule has 7 heteroatoms. The van der Waals surface area contributed by atoms with E-state index in [4.69, 9.17) is 0 Å². The lowest BCUT2D eigenvalue weighted by Crippen LogP contribution is -2.26. The molecular weight excluding hydrogens is 462 g/mol. The van der Waals surface area contributed by atoms with Crippen molar-refractivity contribution in [1.82, 2.24) is 10.2 Å². The number of nitrogens with zero attached hydrogens (tertiary/aromatic N) is 2. The van der Waals surface area contributed by atoms with Gasteiger partial charge in [-0.25, -0.2) is 0 Å². The number of aliphatic imine (C=N–C) groups is 1. The highest BCUT2D eigenvalue weighted by molar-refractivity contribution is 7.99. The van der Waals surface area contributed by atoms with Crippen LogP contribution >= 0.6 is 23.1 Å². The second-order valence-electron chi connectivity index (χ2n) is 7.97. The molecule has 3 aromatic rings. The molecule has 4 rings (SSSR count). The zero-order valence-electron chi connectivity index (χ0n) is 19.1. The molecule has 174 valence electrons. The predicted octanol–water partition coefficient (Wildman–Crippen LogP) is 5.96. The number of amides is 1. The van der Waals surface area contributed by atoms with Crippen molar-refractivity contribution in [3.05, 3.63) is 95.5 Å². The summed E-state index contributed by atoms with van der Waals surface area (Å²) in [6, 6.07) is 16.3. The lowest BCUT2D eigenvalue weighted by Gasteiger charge is -2.25. The Morgan fingerprint density at radius 1 is 1.26 bits per heavy atom. The SMILES string of the molecule is C=C/C=C\NC(C)=NCC(=O)CCSC1c2ccccc2C(=O)N1Cc1ccc2sccc2c1. The number of carbonyl (C=O) groups excluding carboxylic acids is 2. The number of allylic oxidation sites excluding steroid dienone is 2. The van der Waals surface area contributed by atoms with Gasteiger partial charge in [0.25, 0.3) is 5.91 Å². The van der Waals surface area contributed by atoms with E-state index in [1.165, 1.54) is 10.1 Å². The van der Waals surface area contributed by atoms with E-state index in [9.17, 15) is 9.59 Å². The molecule has 5 nitrogen and oxygen atoms in total. The van der Waals surface area contributed by atoms with Crippen molar-refractivity contribution >= 4 is 50.7 Å². The van der Waals surface area contributed by atoms with Crippen molar-refractivity contribution in [2.75, 3.05) is 12.3 Å². The molecule has 1 unspecified atom stereocenters. The van der Waals surface area contributed by atoms with Gasteiger partial charge in [0.05, 0.1) is 12.4 Å². The zero-order valence-corrected chi connectivity index (χ0v) is 20.7. The summed E-state index contributed by atoms with van der Waals surface area (Å²) in [6.45, 7) is 6.11. The third-order valence-electron chi connectivity index (χ3n) is 5.54. The lowest BCUT2D eigenvalue weighted by atomic mass is 10.1. The Balaban J connectivity index is 1.40. The van der Waals surface area contributed by atoms with Gasteiger partial charge in [0.2, 0.25) is 0 Å². The highest BCUT2D eigenvalue weighted by Crippen LogP contribution is 2.42. The Morgan fingerprint density at radius 2 is 2.12 bits per heavy atom. The van der Waals surface area contributed by atoms with Crippen molar-refractivity contribution in [2.45, 2.75) is 25.3 Å². The Hall–Kier alpha value is -3.16. The normalized spacial score (nSPS) is 15.8. The summed E-state index contributed by atoms with van der Waals surface area (Å²) in [6.07, 6.45) is 5.57. The molecule has 0 saturated carbocycles. The van der Waals surface area contributed by atoms with E-state index in [1.54, 1.807) is 41.5 Å². The fraction of sp³-hybridized carbons (Fsp3) is 0.222. The average molecular weight is 490 g/mol. The third-order valence-corrected chi connectivity index (χ3v) is 7.71. The maximum Gasteiger partial charge on any atom is 0.255 e. The van der Waals surface area contributed by atoms with Gasteiger partial charge in [-0.3, -0.25) is 14.6 Å². The van der Waals surface area contributed by atoms with Crippen molar-refractivity contribution < 1.29 is 9.59 Å². The lowest BCUT2D eigenvalue weighted by molar-refractivity contribution is -0.117. The van der Waals surface area contributed by atoms with Crippen LogP contribution in [0.4, 0.5) is 0 Å². The predicted molar refractivity (Wildman–Crippen MR) is 143 cm³/mol. The largest absolute Gasteiger partial charge is 0.351 e. The summed E-state index contributed by atoms with van der Waals surface area (Å²) in [7, 11) is 0. The van der Waals surface area contributed by atoms with Crippen LogP contribution < -0.4 is 5.32 Å². The molecule has 2 aromatic carbocycles. The maximum atomic E-state index is 13.2. The first-order valence-corrected chi connectivity index (χ1v) is 13.0. The summed E-state index contributed by atoms with van der Waals surface area (Å²) in [5.41, 5.74) is 2.88. The zero-order chi connectivity index (χ0) is 23.9. The topological polar surface area (TPSA) is 61.8 Å². The van der Waals surface area contributed by atoms with Gasteiger partial charge in [-0.15, -0.1) is 23.1 Å². The highest BCUT2D eigenvalue weighted by atomic mass is 32.2. The van der Waals surface area contributed by atoms with Crippen molar-refractivity contribution in [3.8, 4) is 0 Å². The number of carbonyl (C=O) groups is 2. The minimum atomic E-state index is -0.106. The van der Waals surface area contributed by atoms with Crippen LogP contribution in [0.15, 0.2) is 83.8 Å². The molecule has 0 bridgehead atoms. The van der Waals surface area contributed by atoms with Gasteiger partial charge in [0.15, 0.2) is 5.78 Å². The summed E-state index contributed by atoms with van der Waals surface area (Å²) < 4.78 is 1.24. The number of hydrogen-bond acceptors (Lipinski definition) is 5. The van der Waals surface area contributed by atoms with E-state index in [0.717, 1.165) is 16.7 Å². The van der Waals surface area contributed by atoms with E-state index in [2.05, 4.69) is 46.5 Å². The summed E-state index contributed by atoms with van der Waals surface area (Å²) in [5.74, 6) is 1.43. The van der Waals surface area contributed by atoms with Crippen LogP contribution in [0.5, 0.6) is 0 Å². The van der Waals surface area contributed by atoms with Gasteiger partial charge in [0, 0.05) is 35.2 Å². The molecule has 34 heavy (non-hydrogen) atoms. The minimum Gasteiger partial charge on any atom is -0.351 e. The Morgan fingerprint density at radius 3 is 2.97 bits per heavy atom. The Bertz CT molecular complexity index is 1260. The fourth-order valence-corrected chi connectivity index (χ4v) is 5.91. The Kier molecular flexibility index (Phi) is 7.98. The summed E-state index contributed by atoms with van der Waals surface area (Å²) >= 11 is 3.36. The van der Waals surface area contributed by atoms with Gasteiger partial charge in [0.1, 0.15) is 5.37 Å². The highest BCUT2D eigenvalue weighted by Gasteiger charge is 2.36. The third kappa shape index (κ3) is 5.66. The molecule has 0 spiro atoms. The van der Waals surface area contributed by atoms with E-state index < -0.39 is 0 Å². The van der Waals surface area contributed by atoms with Crippen LogP contribution in [0, 0.1) is 0 Å². The quantitative estimate of drug-likeness (QED) is 0.217. The molecule has 1 amide bonds. The monoisotopic (exact) mass is 489 g/mol. The molecule has 1 aromatic heterocycles. The van der Waals surface area contributed by atoms with Crippen molar-refractivity contribution in [2.24, 2.45) is 4.99 Å². The minimum absolute atomic E-state index is 0.0451. The number of thiophene rings is 1. The van der Waals surface area contributed by atoms with Crippen LogP contribution in [0.2, 0.25) is 0 Å². The first-order valence-electron chi connectivity index (χ1n) is 11.1. The number of thioether (sulfide) groups is 1. The van der Waals surface area contributed by atoms with Crippen molar-refractivity contribution in [3.63, 3.8) is 0 Å². The van der Waals surface area contributed by atoms with E-state index in [-0.39, 0.29) is 23.6 Å². The van der Waals surface area contributed by atoms with E-state index in [0.29, 0.717) is 24.6 Å². The molecule has 1 N–H and O–H groups in total. The molecular formula is C27H27N3O2S2. The number of benzene rings is 2. The molecule has 1 aliphatic heterocycles. The number of nitrogens with one attached hydrogen (secondary N) is 1. The number of rotatable bonds is 10. The number of ketones is 1.